The lowest BCUT2D eigenvalue weighted by Gasteiger charge is -2.18. The van der Waals surface area contributed by atoms with Crippen molar-refractivity contribution in [3.63, 3.8) is 0 Å². The molecule has 148 valence electrons. The summed E-state index contributed by atoms with van der Waals surface area (Å²) in [5.74, 6) is -0.465. The van der Waals surface area contributed by atoms with E-state index in [9.17, 15) is 9.59 Å². The maximum Gasteiger partial charge on any atom is 0.338 e. The lowest BCUT2D eigenvalue weighted by atomic mass is 9.88. The summed E-state index contributed by atoms with van der Waals surface area (Å²) in [6.45, 7) is 3.97. The zero-order valence-electron chi connectivity index (χ0n) is 16.7. The Kier molecular flexibility index (Phi) is 6.80. The van der Waals surface area contributed by atoms with Crippen molar-refractivity contribution < 1.29 is 14.3 Å². The first-order valence-corrected chi connectivity index (χ1v) is 9.76. The second-order valence-electron chi connectivity index (χ2n) is 6.88. The van der Waals surface area contributed by atoms with Crippen LogP contribution in [0.1, 0.15) is 46.3 Å². The first-order valence-electron chi connectivity index (χ1n) is 9.76. The lowest BCUT2D eigenvalue weighted by molar-refractivity contribution is -0.116. The Morgan fingerprint density at radius 2 is 1.48 bits per heavy atom. The van der Waals surface area contributed by atoms with Crippen LogP contribution in [0.5, 0.6) is 0 Å². The van der Waals surface area contributed by atoms with Gasteiger partial charge in [-0.1, -0.05) is 60.7 Å². The molecule has 0 unspecified atom stereocenters. The predicted octanol–water partition coefficient (Wildman–Crippen LogP) is 5.33. The van der Waals surface area contributed by atoms with E-state index in [0.29, 0.717) is 24.3 Å². The maximum atomic E-state index is 12.8. The van der Waals surface area contributed by atoms with Gasteiger partial charge in [-0.3, -0.25) is 4.79 Å². The van der Waals surface area contributed by atoms with Crippen molar-refractivity contribution in [3.05, 3.63) is 101 Å². The van der Waals surface area contributed by atoms with Crippen LogP contribution in [0.2, 0.25) is 0 Å². The van der Waals surface area contributed by atoms with Crippen LogP contribution < -0.4 is 5.32 Å². The molecule has 29 heavy (non-hydrogen) atoms. The Morgan fingerprint density at radius 1 is 0.897 bits per heavy atom. The fraction of sp³-hybridized carbons (Fsp3) is 0.200. The number of hydrogen-bond acceptors (Lipinski definition) is 3. The molecule has 1 N–H and O–H groups in total. The highest BCUT2D eigenvalue weighted by molar-refractivity contribution is 5.94. The minimum atomic E-state index is -0.360. The number of benzene rings is 3. The zero-order chi connectivity index (χ0) is 20.6. The molecular weight excluding hydrogens is 362 g/mol. The number of ether oxygens (including phenoxy) is 1. The largest absolute Gasteiger partial charge is 0.462 e. The molecule has 0 radical (unpaired) electrons. The van der Waals surface area contributed by atoms with Gasteiger partial charge in [-0.25, -0.2) is 4.79 Å². The molecule has 0 aliphatic rings. The molecule has 3 aromatic carbocycles. The van der Waals surface area contributed by atoms with Crippen molar-refractivity contribution in [2.75, 3.05) is 11.9 Å². The van der Waals surface area contributed by atoms with Crippen molar-refractivity contribution in [2.24, 2.45) is 0 Å². The van der Waals surface area contributed by atoms with Gasteiger partial charge in [-0.05, 0) is 48.7 Å². The topological polar surface area (TPSA) is 55.4 Å². The van der Waals surface area contributed by atoms with E-state index >= 15 is 0 Å². The molecule has 4 nitrogen and oxygen atoms in total. The summed E-state index contributed by atoms with van der Waals surface area (Å²) in [7, 11) is 0. The highest BCUT2D eigenvalue weighted by atomic mass is 16.5. The number of aryl methyl sites for hydroxylation is 1. The van der Waals surface area contributed by atoms with E-state index in [0.717, 1.165) is 16.7 Å². The van der Waals surface area contributed by atoms with Gasteiger partial charge in [-0.2, -0.15) is 0 Å². The van der Waals surface area contributed by atoms with Gasteiger partial charge in [0.25, 0.3) is 0 Å². The number of nitrogens with one attached hydrogen (secondary N) is 1. The predicted molar refractivity (Wildman–Crippen MR) is 115 cm³/mol. The molecule has 0 bridgehead atoms. The van der Waals surface area contributed by atoms with E-state index in [1.54, 1.807) is 25.1 Å². The smallest absolute Gasteiger partial charge is 0.338 e. The molecule has 0 atom stereocenters. The van der Waals surface area contributed by atoms with Gasteiger partial charge in [0.15, 0.2) is 0 Å². The number of carbonyl (C=O) groups is 2. The van der Waals surface area contributed by atoms with Crippen LogP contribution in [0.3, 0.4) is 0 Å². The molecule has 1 amide bonds. The normalized spacial score (nSPS) is 10.6. The molecule has 0 aliphatic carbocycles. The minimum Gasteiger partial charge on any atom is -0.462 e. The number of amides is 1. The van der Waals surface area contributed by atoms with Crippen LogP contribution in [0.15, 0.2) is 78.9 Å². The highest BCUT2D eigenvalue weighted by Crippen LogP contribution is 2.28. The van der Waals surface area contributed by atoms with Gasteiger partial charge in [-0.15, -0.1) is 0 Å². The quantitative estimate of drug-likeness (QED) is 0.557. The van der Waals surface area contributed by atoms with E-state index in [1.807, 2.05) is 67.6 Å². The Balaban J connectivity index is 1.76. The average Bonchev–Trinajstić information content (AvgIpc) is 2.75. The first kappa shape index (κ1) is 20.3. The van der Waals surface area contributed by atoms with Crippen molar-refractivity contribution in [1.29, 1.82) is 0 Å². The van der Waals surface area contributed by atoms with E-state index in [-0.39, 0.29) is 17.8 Å². The number of anilines is 1. The zero-order valence-corrected chi connectivity index (χ0v) is 16.7. The number of esters is 1. The van der Waals surface area contributed by atoms with Gasteiger partial charge < -0.3 is 10.1 Å². The number of rotatable bonds is 7. The van der Waals surface area contributed by atoms with Crippen LogP contribution in [0.25, 0.3) is 0 Å². The third-order valence-electron chi connectivity index (χ3n) is 4.81. The molecule has 3 rings (SSSR count). The first-order chi connectivity index (χ1) is 14.1. The Hall–Kier alpha value is -3.40. The molecule has 0 saturated carbocycles. The van der Waals surface area contributed by atoms with Crippen molar-refractivity contribution >= 4 is 17.6 Å². The summed E-state index contributed by atoms with van der Waals surface area (Å²) >= 11 is 0. The van der Waals surface area contributed by atoms with Gasteiger partial charge in [0.1, 0.15) is 0 Å². The number of carbonyl (C=O) groups excluding carboxylic acids is 2. The lowest BCUT2D eigenvalue weighted by Crippen LogP contribution is -2.17. The van der Waals surface area contributed by atoms with Gasteiger partial charge in [0, 0.05) is 18.0 Å². The van der Waals surface area contributed by atoms with Crippen LogP contribution in [0.4, 0.5) is 5.69 Å². The molecule has 0 spiro atoms. The van der Waals surface area contributed by atoms with Crippen LogP contribution in [-0.4, -0.2) is 18.5 Å². The standard InChI is InChI=1S/C25H25NO3/c1-3-29-25(28)21-14-15-23(18(2)16-21)26-24(27)17-22(19-10-6-4-7-11-19)20-12-8-5-9-13-20/h4-16,22H,3,17H2,1-2H3,(H,26,27). The molecule has 0 heterocycles. The molecule has 4 heteroatoms. The highest BCUT2D eigenvalue weighted by Gasteiger charge is 2.19. The van der Waals surface area contributed by atoms with E-state index in [4.69, 9.17) is 4.74 Å². The minimum absolute atomic E-state index is 0.0310. The fourth-order valence-corrected chi connectivity index (χ4v) is 3.33. The summed E-state index contributed by atoms with van der Waals surface area (Å²) in [4.78, 5) is 24.7. The third kappa shape index (κ3) is 5.32. The monoisotopic (exact) mass is 387 g/mol. The summed E-state index contributed by atoms with van der Waals surface area (Å²) in [6, 6.07) is 25.2. The van der Waals surface area contributed by atoms with Gasteiger partial charge in [0.05, 0.1) is 12.2 Å². The molecule has 0 saturated heterocycles. The van der Waals surface area contributed by atoms with E-state index < -0.39 is 0 Å². The van der Waals surface area contributed by atoms with Crippen LogP contribution in [0, 0.1) is 6.92 Å². The SMILES string of the molecule is CCOC(=O)c1ccc(NC(=O)CC(c2ccccc2)c2ccccc2)c(C)c1. The number of hydrogen-bond donors (Lipinski definition) is 1. The Morgan fingerprint density at radius 3 is 2.00 bits per heavy atom. The third-order valence-corrected chi connectivity index (χ3v) is 4.81. The van der Waals surface area contributed by atoms with E-state index in [1.165, 1.54) is 0 Å². The Bertz CT molecular complexity index is 928. The van der Waals surface area contributed by atoms with Crippen LogP contribution in [-0.2, 0) is 9.53 Å². The van der Waals surface area contributed by atoms with Crippen LogP contribution >= 0.6 is 0 Å². The van der Waals surface area contributed by atoms with Crippen molar-refractivity contribution in [2.45, 2.75) is 26.2 Å². The molecule has 0 aromatic heterocycles. The summed E-state index contributed by atoms with van der Waals surface area (Å²) in [5.41, 5.74) is 4.20. The van der Waals surface area contributed by atoms with Gasteiger partial charge >= 0.3 is 5.97 Å². The maximum absolute atomic E-state index is 12.8. The fourth-order valence-electron chi connectivity index (χ4n) is 3.33. The van der Waals surface area contributed by atoms with Crippen molar-refractivity contribution in [3.8, 4) is 0 Å². The summed E-state index contributed by atoms with van der Waals surface area (Å²) in [6.07, 6.45) is 0.326. The van der Waals surface area contributed by atoms with E-state index in [2.05, 4.69) is 5.32 Å². The molecule has 0 fully saturated rings. The summed E-state index contributed by atoms with van der Waals surface area (Å²) in [5, 5.41) is 2.99. The van der Waals surface area contributed by atoms with Gasteiger partial charge in [0.2, 0.25) is 5.91 Å². The second-order valence-corrected chi connectivity index (χ2v) is 6.88. The van der Waals surface area contributed by atoms with Crippen molar-refractivity contribution in [1.82, 2.24) is 0 Å². The average molecular weight is 387 g/mol. The Labute approximate surface area is 171 Å². The molecule has 3 aromatic rings. The molecular formula is C25H25NO3. The molecule has 0 aliphatic heterocycles. The second kappa shape index (κ2) is 9.69. The summed E-state index contributed by atoms with van der Waals surface area (Å²) < 4.78 is 5.03.